The van der Waals surface area contributed by atoms with Crippen LogP contribution in [0.5, 0.6) is 0 Å². The number of carbonyl (C=O) groups excluding carboxylic acids is 1. The van der Waals surface area contributed by atoms with Gasteiger partial charge in [-0.1, -0.05) is 48.0 Å². The number of aryl methyl sites for hydroxylation is 2. The molecule has 0 fully saturated rings. The van der Waals surface area contributed by atoms with Gasteiger partial charge in [0.05, 0.1) is 10.9 Å². The molecule has 2 N–H and O–H groups in total. The lowest BCUT2D eigenvalue weighted by Crippen LogP contribution is -2.31. The highest BCUT2D eigenvalue weighted by Gasteiger charge is 2.24. The van der Waals surface area contributed by atoms with Crippen LogP contribution >= 0.6 is 22.6 Å². The number of sulfonamides is 1. The summed E-state index contributed by atoms with van der Waals surface area (Å²) in [6.07, 6.45) is -0.0273. The molecule has 7 heteroatoms. The van der Waals surface area contributed by atoms with Crippen molar-refractivity contribution in [2.75, 3.05) is 5.32 Å². The topological polar surface area (TPSA) is 75.3 Å². The molecule has 3 rings (SSSR count). The molecule has 5 nitrogen and oxygen atoms in total. The van der Waals surface area contributed by atoms with Crippen LogP contribution in [0.2, 0.25) is 0 Å². The summed E-state index contributed by atoms with van der Waals surface area (Å²) in [5.74, 6) is -0.264. The number of amides is 1. The first-order chi connectivity index (χ1) is 14.2. The fourth-order valence-corrected chi connectivity index (χ4v) is 4.91. The molecule has 0 saturated carbocycles. The van der Waals surface area contributed by atoms with Crippen LogP contribution in [0.3, 0.4) is 0 Å². The van der Waals surface area contributed by atoms with Crippen LogP contribution in [0.4, 0.5) is 5.69 Å². The monoisotopic (exact) mass is 534 g/mol. The Kier molecular flexibility index (Phi) is 7.27. The summed E-state index contributed by atoms with van der Waals surface area (Å²) in [5, 5.41) is 2.89. The van der Waals surface area contributed by atoms with E-state index in [0.717, 1.165) is 20.3 Å². The number of benzene rings is 3. The van der Waals surface area contributed by atoms with Gasteiger partial charge in [-0.3, -0.25) is 4.79 Å². The summed E-state index contributed by atoms with van der Waals surface area (Å²) in [6, 6.07) is 20.8. The Labute approximate surface area is 191 Å². The van der Waals surface area contributed by atoms with Crippen molar-refractivity contribution in [3.63, 3.8) is 0 Å². The number of halogens is 1. The first-order valence-corrected chi connectivity index (χ1v) is 12.0. The summed E-state index contributed by atoms with van der Waals surface area (Å²) >= 11 is 2.22. The summed E-state index contributed by atoms with van der Waals surface area (Å²) in [7, 11) is -3.79. The molecule has 0 bridgehead atoms. The van der Waals surface area contributed by atoms with Gasteiger partial charge in [-0.2, -0.15) is 0 Å². The van der Waals surface area contributed by atoms with Crippen molar-refractivity contribution in [1.82, 2.24) is 4.72 Å². The number of carbonyl (C=O) groups is 1. The zero-order valence-corrected chi connectivity index (χ0v) is 19.7. The fraction of sp³-hybridized carbons (Fsp3) is 0.174. The van der Waals surface area contributed by atoms with Crippen LogP contribution in [-0.2, 0) is 14.8 Å². The third-order valence-corrected chi connectivity index (χ3v) is 6.84. The Morgan fingerprint density at radius 1 is 0.967 bits per heavy atom. The predicted molar refractivity (Wildman–Crippen MR) is 128 cm³/mol. The number of nitrogens with one attached hydrogen (secondary N) is 2. The van der Waals surface area contributed by atoms with Gasteiger partial charge in [0.15, 0.2) is 0 Å². The highest BCUT2D eigenvalue weighted by molar-refractivity contribution is 14.1. The molecule has 0 unspecified atom stereocenters. The fourth-order valence-electron chi connectivity index (χ4n) is 3.04. The molecule has 0 radical (unpaired) electrons. The van der Waals surface area contributed by atoms with E-state index in [1.54, 1.807) is 24.3 Å². The van der Waals surface area contributed by atoms with Crippen molar-refractivity contribution in [3.8, 4) is 0 Å². The largest absolute Gasteiger partial charge is 0.326 e. The lowest BCUT2D eigenvalue weighted by atomic mass is 10.0. The molecular weight excluding hydrogens is 511 g/mol. The Bertz CT molecular complexity index is 1130. The molecular formula is C23H23IN2O3S. The van der Waals surface area contributed by atoms with Gasteiger partial charge < -0.3 is 5.32 Å². The summed E-state index contributed by atoms with van der Waals surface area (Å²) in [4.78, 5) is 12.9. The molecule has 1 atom stereocenters. The van der Waals surface area contributed by atoms with E-state index in [2.05, 4.69) is 32.6 Å². The van der Waals surface area contributed by atoms with E-state index >= 15 is 0 Å². The summed E-state index contributed by atoms with van der Waals surface area (Å²) in [5.41, 5.74) is 3.36. The van der Waals surface area contributed by atoms with Gasteiger partial charge in [-0.05, 0) is 77.9 Å². The Morgan fingerprint density at radius 2 is 1.63 bits per heavy atom. The van der Waals surface area contributed by atoms with Crippen LogP contribution in [0.15, 0.2) is 77.7 Å². The maximum atomic E-state index is 12.9. The smallest absolute Gasteiger partial charge is 0.241 e. The molecule has 0 spiro atoms. The molecule has 3 aromatic carbocycles. The van der Waals surface area contributed by atoms with E-state index in [1.165, 1.54) is 0 Å². The lowest BCUT2D eigenvalue weighted by molar-refractivity contribution is -0.116. The van der Waals surface area contributed by atoms with E-state index in [-0.39, 0.29) is 17.2 Å². The SMILES string of the molecule is Cc1ccc(S(=O)(=O)N[C@H](CC(=O)Nc2ccc(I)cc2C)c2ccccc2)cc1. The van der Waals surface area contributed by atoms with Crippen LogP contribution in [0.1, 0.15) is 29.2 Å². The van der Waals surface area contributed by atoms with Crippen LogP contribution in [-0.4, -0.2) is 14.3 Å². The first kappa shape index (κ1) is 22.5. The second-order valence-electron chi connectivity index (χ2n) is 7.11. The normalized spacial score (nSPS) is 12.4. The second kappa shape index (κ2) is 9.72. The molecule has 156 valence electrons. The van der Waals surface area contributed by atoms with Crippen molar-refractivity contribution in [3.05, 3.63) is 93.1 Å². The molecule has 3 aromatic rings. The number of hydrogen-bond acceptors (Lipinski definition) is 3. The third kappa shape index (κ3) is 5.90. The standard InChI is InChI=1S/C23H23IN2O3S/c1-16-8-11-20(12-9-16)30(28,29)26-22(18-6-4-3-5-7-18)15-23(27)25-21-13-10-19(24)14-17(21)2/h3-14,22,26H,15H2,1-2H3,(H,25,27)/t22-/m1/s1. The lowest BCUT2D eigenvalue weighted by Gasteiger charge is -2.19. The summed E-state index contributed by atoms with van der Waals surface area (Å²) < 4.78 is 29.6. The molecule has 0 heterocycles. The van der Waals surface area contributed by atoms with E-state index in [9.17, 15) is 13.2 Å². The quantitative estimate of drug-likeness (QED) is 0.421. The average molecular weight is 534 g/mol. The number of rotatable bonds is 7. The van der Waals surface area contributed by atoms with Crippen LogP contribution in [0, 0.1) is 17.4 Å². The third-order valence-electron chi connectivity index (χ3n) is 4.68. The minimum absolute atomic E-state index is 0.0273. The maximum Gasteiger partial charge on any atom is 0.241 e. The Morgan fingerprint density at radius 3 is 2.27 bits per heavy atom. The average Bonchev–Trinajstić information content (AvgIpc) is 2.70. The second-order valence-corrected chi connectivity index (χ2v) is 10.1. The maximum absolute atomic E-state index is 12.9. The van der Waals surface area contributed by atoms with Crippen molar-refractivity contribution in [2.24, 2.45) is 0 Å². The highest BCUT2D eigenvalue weighted by Crippen LogP contribution is 2.23. The molecule has 0 saturated heterocycles. The number of hydrogen-bond donors (Lipinski definition) is 2. The molecule has 0 aliphatic rings. The zero-order valence-electron chi connectivity index (χ0n) is 16.7. The van der Waals surface area contributed by atoms with Crippen molar-refractivity contribution in [1.29, 1.82) is 0 Å². The molecule has 30 heavy (non-hydrogen) atoms. The minimum Gasteiger partial charge on any atom is -0.326 e. The van der Waals surface area contributed by atoms with Crippen LogP contribution < -0.4 is 10.0 Å². The molecule has 0 aromatic heterocycles. The first-order valence-electron chi connectivity index (χ1n) is 9.44. The van der Waals surface area contributed by atoms with Gasteiger partial charge in [0.1, 0.15) is 0 Å². The summed E-state index contributed by atoms with van der Waals surface area (Å²) in [6.45, 7) is 3.82. The van der Waals surface area contributed by atoms with E-state index in [0.29, 0.717) is 5.69 Å². The van der Waals surface area contributed by atoms with E-state index in [1.807, 2.05) is 62.4 Å². The molecule has 1 amide bonds. The Balaban J connectivity index is 1.82. The van der Waals surface area contributed by atoms with Gasteiger partial charge in [-0.15, -0.1) is 0 Å². The van der Waals surface area contributed by atoms with Gasteiger partial charge in [0.2, 0.25) is 15.9 Å². The highest BCUT2D eigenvalue weighted by atomic mass is 127. The van der Waals surface area contributed by atoms with E-state index < -0.39 is 16.1 Å². The number of anilines is 1. The predicted octanol–water partition coefficient (Wildman–Crippen LogP) is 4.96. The minimum atomic E-state index is -3.79. The molecule has 0 aliphatic carbocycles. The van der Waals surface area contributed by atoms with Gasteiger partial charge >= 0.3 is 0 Å². The molecule has 0 aliphatic heterocycles. The van der Waals surface area contributed by atoms with Crippen molar-refractivity contribution < 1.29 is 13.2 Å². The van der Waals surface area contributed by atoms with Gasteiger partial charge in [0, 0.05) is 15.7 Å². The van der Waals surface area contributed by atoms with Crippen molar-refractivity contribution >= 4 is 44.2 Å². The zero-order chi connectivity index (χ0) is 21.7. The van der Waals surface area contributed by atoms with Gasteiger partial charge in [0.25, 0.3) is 0 Å². The Hall–Kier alpha value is -2.23. The van der Waals surface area contributed by atoms with Crippen LogP contribution in [0.25, 0.3) is 0 Å². The van der Waals surface area contributed by atoms with E-state index in [4.69, 9.17) is 0 Å². The van der Waals surface area contributed by atoms with Gasteiger partial charge in [-0.25, -0.2) is 13.1 Å². The van der Waals surface area contributed by atoms with Crippen molar-refractivity contribution in [2.45, 2.75) is 31.2 Å².